The predicted molar refractivity (Wildman–Crippen MR) is 58.9 cm³/mol. The first-order valence-corrected chi connectivity index (χ1v) is 5.72. The summed E-state index contributed by atoms with van der Waals surface area (Å²) in [5.74, 6) is 0. The van der Waals surface area contributed by atoms with Crippen molar-refractivity contribution in [2.24, 2.45) is 0 Å². The van der Waals surface area contributed by atoms with Crippen LogP contribution in [-0.2, 0) is 9.63 Å². The fraction of sp³-hybridized carbons (Fsp3) is 0.909. The van der Waals surface area contributed by atoms with Gasteiger partial charge in [-0.15, -0.1) is 0 Å². The van der Waals surface area contributed by atoms with Crippen LogP contribution in [0.2, 0.25) is 0 Å². The van der Waals surface area contributed by atoms with Crippen molar-refractivity contribution in [2.45, 2.75) is 58.3 Å². The normalized spacial score (nSPS) is 9.40. The van der Waals surface area contributed by atoms with Crippen molar-refractivity contribution in [1.29, 1.82) is 0 Å². The molecule has 0 aliphatic carbocycles. The average Bonchev–Trinajstić information content (AvgIpc) is 2.21. The molecule has 1 amide bonds. The Kier molecular flexibility index (Phi) is 21.5. The Morgan fingerprint density at radius 3 is 2.13 bits per heavy atom. The molecule has 1 N–H and O–H groups in total. The van der Waals surface area contributed by atoms with Gasteiger partial charge < -0.3 is 1.43 Å². The minimum absolute atomic E-state index is 0. The Bertz CT molecular complexity index is 129. The molecule has 0 rings (SSSR count). The molecule has 4 heteroatoms. The van der Waals surface area contributed by atoms with Gasteiger partial charge in [-0.05, 0) is 6.42 Å². The summed E-state index contributed by atoms with van der Waals surface area (Å²) in [4.78, 5) is 14.6. The molecule has 0 bridgehead atoms. The maximum atomic E-state index is 9.80. The van der Waals surface area contributed by atoms with Crippen LogP contribution in [-0.4, -0.2) is 13.0 Å². The van der Waals surface area contributed by atoms with E-state index in [1.54, 1.807) is 0 Å². The van der Waals surface area contributed by atoms with E-state index >= 15 is 0 Å². The molecule has 0 heterocycles. The van der Waals surface area contributed by atoms with Gasteiger partial charge in [0.2, 0.25) is 6.41 Å². The fourth-order valence-corrected chi connectivity index (χ4v) is 1.40. The minimum atomic E-state index is 0. The van der Waals surface area contributed by atoms with E-state index in [2.05, 4.69) is 12.4 Å². The van der Waals surface area contributed by atoms with Crippen LogP contribution in [0.25, 0.3) is 0 Å². The third-order valence-electron chi connectivity index (χ3n) is 2.23. The summed E-state index contributed by atoms with van der Waals surface area (Å²) < 4.78 is 0. The number of hydroxylamine groups is 1. The van der Waals surface area contributed by atoms with Crippen LogP contribution in [0.1, 0.15) is 59.7 Å². The van der Waals surface area contributed by atoms with Gasteiger partial charge in [0.05, 0.1) is 6.61 Å². The van der Waals surface area contributed by atoms with E-state index in [4.69, 9.17) is 4.84 Å². The third-order valence-corrected chi connectivity index (χ3v) is 2.23. The fourth-order valence-electron chi connectivity index (χ4n) is 1.40. The molecule has 86 valence electrons. The Hall–Kier alpha value is 1.07. The Balaban J connectivity index is -0.000000845. The zero-order valence-corrected chi connectivity index (χ0v) is 13.4. The number of hydrogen-bond acceptors (Lipinski definition) is 2. The second-order valence-electron chi connectivity index (χ2n) is 3.56. The maximum Gasteiger partial charge on any atom is 1.00 e. The molecule has 0 aromatic rings. The van der Waals surface area contributed by atoms with E-state index in [9.17, 15) is 4.79 Å². The van der Waals surface area contributed by atoms with Crippen molar-refractivity contribution in [3.63, 3.8) is 0 Å². The summed E-state index contributed by atoms with van der Waals surface area (Å²) in [5.41, 5.74) is 2.19. The Morgan fingerprint density at radius 2 is 1.60 bits per heavy atom. The molecule has 0 saturated carbocycles. The van der Waals surface area contributed by atoms with Crippen molar-refractivity contribution < 1.29 is 62.4 Å². The van der Waals surface area contributed by atoms with E-state index in [1.807, 2.05) is 0 Å². The summed E-state index contributed by atoms with van der Waals surface area (Å²) in [6.45, 7) is 2.87. The average molecular weight is 241 g/mol. The SMILES string of the molecule is CCCCCCCCCCONC=O.[H-].[K+]. The van der Waals surface area contributed by atoms with Crippen LogP contribution in [0.15, 0.2) is 0 Å². The number of rotatable bonds is 11. The predicted octanol–water partition coefficient (Wildman–Crippen LogP) is -0.0788. The molecular formula is C11H24KNO2. The molecule has 0 saturated heterocycles. The van der Waals surface area contributed by atoms with E-state index in [0.717, 1.165) is 6.42 Å². The molecule has 0 aliphatic rings. The summed E-state index contributed by atoms with van der Waals surface area (Å²) in [6, 6.07) is 0. The van der Waals surface area contributed by atoms with E-state index in [1.165, 1.54) is 44.9 Å². The van der Waals surface area contributed by atoms with Crippen molar-refractivity contribution in [2.75, 3.05) is 6.61 Å². The first-order chi connectivity index (χ1) is 6.91. The largest absolute Gasteiger partial charge is 1.00 e. The molecule has 3 nitrogen and oxygen atoms in total. The summed E-state index contributed by atoms with van der Waals surface area (Å²) in [6.07, 6.45) is 10.8. The van der Waals surface area contributed by atoms with Crippen molar-refractivity contribution >= 4 is 6.41 Å². The van der Waals surface area contributed by atoms with E-state index in [-0.39, 0.29) is 52.8 Å². The molecule has 0 spiro atoms. The number of nitrogens with one attached hydrogen (secondary N) is 1. The molecule has 0 aromatic heterocycles. The maximum absolute atomic E-state index is 9.80. The quantitative estimate of drug-likeness (QED) is 0.238. The first-order valence-electron chi connectivity index (χ1n) is 5.72. The molecule has 0 atom stereocenters. The summed E-state index contributed by atoms with van der Waals surface area (Å²) in [5, 5.41) is 0. The van der Waals surface area contributed by atoms with Crippen LogP contribution in [0.3, 0.4) is 0 Å². The number of amides is 1. The van der Waals surface area contributed by atoms with Gasteiger partial charge in [-0.25, -0.2) is 5.48 Å². The van der Waals surface area contributed by atoms with Gasteiger partial charge >= 0.3 is 51.4 Å². The molecule has 0 radical (unpaired) electrons. The van der Waals surface area contributed by atoms with Gasteiger partial charge in [-0.1, -0.05) is 51.9 Å². The van der Waals surface area contributed by atoms with Crippen LogP contribution in [0.5, 0.6) is 0 Å². The Morgan fingerprint density at radius 1 is 1.07 bits per heavy atom. The molecule has 0 aliphatic heterocycles. The summed E-state index contributed by atoms with van der Waals surface area (Å²) >= 11 is 0. The second kappa shape index (κ2) is 17.5. The Labute approximate surface area is 138 Å². The summed E-state index contributed by atoms with van der Waals surface area (Å²) in [7, 11) is 0. The molecular weight excluding hydrogens is 217 g/mol. The third kappa shape index (κ3) is 17.7. The van der Waals surface area contributed by atoms with Gasteiger partial charge in [0.1, 0.15) is 0 Å². The second-order valence-corrected chi connectivity index (χ2v) is 3.56. The molecule has 15 heavy (non-hydrogen) atoms. The van der Waals surface area contributed by atoms with Crippen LogP contribution in [0, 0.1) is 0 Å². The van der Waals surface area contributed by atoms with Gasteiger partial charge in [-0.2, -0.15) is 0 Å². The monoisotopic (exact) mass is 241 g/mol. The van der Waals surface area contributed by atoms with Crippen molar-refractivity contribution in [1.82, 2.24) is 5.48 Å². The minimum Gasteiger partial charge on any atom is -1.00 e. The van der Waals surface area contributed by atoms with Gasteiger partial charge in [0.15, 0.2) is 0 Å². The topological polar surface area (TPSA) is 38.3 Å². The van der Waals surface area contributed by atoms with Crippen molar-refractivity contribution in [3.05, 3.63) is 0 Å². The van der Waals surface area contributed by atoms with Crippen LogP contribution < -0.4 is 56.9 Å². The van der Waals surface area contributed by atoms with Crippen molar-refractivity contribution in [3.8, 4) is 0 Å². The first kappa shape index (κ1) is 18.4. The van der Waals surface area contributed by atoms with E-state index < -0.39 is 0 Å². The van der Waals surface area contributed by atoms with Crippen LogP contribution in [0.4, 0.5) is 0 Å². The number of unbranched alkanes of at least 4 members (excludes halogenated alkanes) is 7. The zero-order chi connectivity index (χ0) is 10.5. The molecule has 0 aromatic carbocycles. The smallest absolute Gasteiger partial charge is 1.00 e. The van der Waals surface area contributed by atoms with E-state index in [0.29, 0.717) is 13.0 Å². The molecule has 0 unspecified atom stereocenters. The van der Waals surface area contributed by atoms with Gasteiger partial charge in [0, 0.05) is 0 Å². The number of carbonyl (C=O) groups is 1. The number of carbonyl (C=O) groups excluding carboxylic acids is 1. The number of hydrogen-bond donors (Lipinski definition) is 1. The van der Waals surface area contributed by atoms with Crippen LogP contribution >= 0.6 is 0 Å². The molecule has 0 fully saturated rings. The standard InChI is InChI=1S/C11H23NO2.K.H/c1-2-3-4-5-6-7-8-9-10-14-12-11-13;;/h11H,2-10H2,1H3,(H,12,13);;/q;+1;-1. The van der Waals surface area contributed by atoms with Gasteiger partial charge in [-0.3, -0.25) is 9.63 Å². The zero-order valence-electron chi connectivity index (χ0n) is 11.3. The van der Waals surface area contributed by atoms with Gasteiger partial charge in [0.25, 0.3) is 0 Å².